The molecule has 1 aromatic rings. The molecule has 0 aromatic heterocycles. The molecule has 0 unspecified atom stereocenters. The van der Waals surface area contributed by atoms with Gasteiger partial charge in [0.15, 0.2) is 5.76 Å². The van der Waals surface area contributed by atoms with Crippen LogP contribution in [0, 0.1) is 6.92 Å². The molecule has 1 aliphatic rings. The minimum Gasteiger partial charge on any atom is -0.505 e. The number of aliphatic hydroxyl groups is 1. The first-order valence-corrected chi connectivity index (χ1v) is 6.69. The largest absolute Gasteiger partial charge is 0.505 e. The van der Waals surface area contributed by atoms with Crippen LogP contribution in [0.15, 0.2) is 59.6 Å². The first-order chi connectivity index (χ1) is 10.5. The fourth-order valence-electron chi connectivity index (χ4n) is 1.95. The number of nitrogens with one attached hydrogen (secondary N) is 1. The first-order valence-electron chi connectivity index (χ1n) is 6.69. The maximum absolute atomic E-state index is 11.9. The van der Waals surface area contributed by atoms with Crippen molar-refractivity contribution in [3.8, 4) is 0 Å². The number of rotatable bonds is 3. The summed E-state index contributed by atoms with van der Waals surface area (Å²) in [4.78, 5) is 22.5. The van der Waals surface area contributed by atoms with Gasteiger partial charge in [0, 0.05) is 12.3 Å². The molecule has 2 N–H and O–H groups in total. The molecule has 1 heterocycles. The number of benzene rings is 1. The summed E-state index contributed by atoms with van der Waals surface area (Å²) in [6, 6.07) is 7.75. The summed E-state index contributed by atoms with van der Waals surface area (Å²) in [5.41, 5.74) is 5.02. The van der Waals surface area contributed by atoms with Crippen LogP contribution in [0.3, 0.4) is 0 Å². The number of hydrazine groups is 1. The highest BCUT2D eigenvalue weighted by Crippen LogP contribution is 2.19. The maximum Gasteiger partial charge on any atom is 0.262 e. The predicted molar refractivity (Wildman–Crippen MR) is 83.9 cm³/mol. The van der Waals surface area contributed by atoms with Gasteiger partial charge in [-0.2, -0.15) is 0 Å². The number of hydrogen-bond acceptors (Lipinski definition) is 4. The van der Waals surface area contributed by atoms with Crippen LogP contribution in [-0.4, -0.2) is 22.0 Å². The van der Waals surface area contributed by atoms with Gasteiger partial charge in [0.05, 0.1) is 5.70 Å². The van der Waals surface area contributed by atoms with E-state index in [0.29, 0.717) is 5.70 Å². The lowest BCUT2D eigenvalue weighted by Gasteiger charge is -2.24. The van der Waals surface area contributed by atoms with E-state index in [1.807, 2.05) is 31.2 Å². The van der Waals surface area contributed by atoms with E-state index in [1.54, 1.807) is 18.9 Å². The summed E-state index contributed by atoms with van der Waals surface area (Å²) >= 11 is 0. The average molecular weight is 296 g/mol. The van der Waals surface area contributed by atoms with Crippen LogP contribution in [0.2, 0.25) is 0 Å². The smallest absolute Gasteiger partial charge is 0.262 e. The molecule has 1 amide bonds. The SMILES string of the molecule is CC1=C(O)C(=C=O)C=CN1NC(=O)/C=C/c1cccc(C)c1. The van der Waals surface area contributed by atoms with E-state index in [2.05, 4.69) is 5.43 Å². The van der Waals surface area contributed by atoms with Crippen molar-refractivity contribution in [1.82, 2.24) is 10.4 Å². The molecule has 0 spiro atoms. The van der Waals surface area contributed by atoms with Crippen molar-refractivity contribution in [2.45, 2.75) is 13.8 Å². The Morgan fingerprint density at radius 3 is 2.82 bits per heavy atom. The van der Waals surface area contributed by atoms with Gasteiger partial charge in [0.2, 0.25) is 0 Å². The third-order valence-corrected chi connectivity index (χ3v) is 3.16. The number of amides is 1. The Balaban J connectivity index is 2.06. The zero-order valence-corrected chi connectivity index (χ0v) is 12.3. The molecule has 0 fully saturated rings. The van der Waals surface area contributed by atoms with Crippen molar-refractivity contribution in [2.24, 2.45) is 0 Å². The van der Waals surface area contributed by atoms with E-state index in [-0.39, 0.29) is 17.2 Å². The first kappa shape index (κ1) is 15.4. The minimum absolute atomic E-state index is 0.0540. The Morgan fingerprint density at radius 1 is 1.36 bits per heavy atom. The van der Waals surface area contributed by atoms with E-state index >= 15 is 0 Å². The molecule has 112 valence electrons. The number of carbonyl (C=O) groups excluding carboxylic acids is 2. The van der Waals surface area contributed by atoms with Crippen molar-refractivity contribution < 1.29 is 14.7 Å². The molecule has 1 aromatic carbocycles. The number of nitrogens with zero attached hydrogens (tertiary/aromatic N) is 1. The second-order valence-electron chi connectivity index (χ2n) is 4.86. The molecule has 0 bridgehead atoms. The maximum atomic E-state index is 11.9. The summed E-state index contributed by atoms with van der Waals surface area (Å²) in [5, 5.41) is 11.1. The molecule has 0 saturated heterocycles. The molecular weight excluding hydrogens is 280 g/mol. The van der Waals surface area contributed by atoms with Crippen molar-refractivity contribution in [3.05, 3.63) is 70.8 Å². The number of aliphatic hydroxyl groups excluding tert-OH is 1. The number of aryl methyl sites for hydroxylation is 1. The minimum atomic E-state index is -0.350. The molecule has 0 saturated carbocycles. The van der Waals surface area contributed by atoms with Crippen LogP contribution in [-0.2, 0) is 9.59 Å². The van der Waals surface area contributed by atoms with Crippen LogP contribution in [0.4, 0.5) is 0 Å². The lowest BCUT2D eigenvalue weighted by Crippen LogP contribution is -2.38. The molecule has 5 heteroatoms. The van der Waals surface area contributed by atoms with E-state index in [4.69, 9.17) is 0 Å². The van der Waals surface area contributed by atoms with E-state index in [0.717, 1.165) is 11.1 Å². The van der Waals surface area contributed by atoms with Crippen LogP contribution in [0.1, 0.15) is 18.1 Å². The lowest BCUT2D eigenvalue weighted by molar-refractivity contribution is -0.119. The molecule has 2 rings (SSSR count). The summed E-state index contributed by atoms with van der Waals surface area (Å²) in [6.45, 7) is 3.56. The fraction of sp³-hybridized carbons (Fsp3) is 0.118. The Hall–Kier alpha value is -3.04. The third-order valence-electron chi connectivity index (χ3n) is 3.16. The fourth-order valence-corrected chi connectivity index (χ4v) is 1.95. The second-order valence-corrected chi connectivity index (χ2v) is 4.86. The summed E-state index contributed by atoms with van der Waals surface area (Å²) in [5.74, 6) is 1.07. The molecule has 22 heavy (non-hydrogen) atoms. The summed E-state index contributed by atoms with van der Waals surface area (Å²) in [7, 11) is 0. The molecule has 0 atom stereocenters. The molecular formula is C17H16N2O3. The van der Waals surface area contributed by atoms with Gasteiger partial charge in [0.25, 0.3) is 5.91 Å². The number of allylic oxidation sites excluding steroid dienone is 2. The van der Waals surface area contributed by atoms with Crippen molar-refractivity contribution >= 4 is 17.9 Å². The van der Waals surface area contributed by atoms with Gasteiger partial charge >= 0.3 is 0 Å². The lowest BCUT2D eigenvalue weighted by atomic mass is 10.1. The van der Waals surface area contributed by atoms with Crippen molar-refractivity contribution in [1.29, 1.82) is 0 Å². The zero-order valence-electron chi connectivity index (χ0n) is 12.3. The topological polar surface area (TPSA) is 69.6 Å². The van der Waals surface area contributed by atoms with Crippen molar-refractivity contribution in [3.63, 3.8) is 0 Å². The van der Waals surface area contributed by atoms with Crippen LogP contribution in [0.5, 0.6) is 0 Å². The van der Waals surface area contributed by atoms with E-state index in [1.165, 1.54) is 23.4 Å². The highest BCUT2D eigenvalue weighted by atomic mass is 16.3. The molecule has 0 aliphatic carbocycles. The summed E-state index contributed by atoms with van der Waals surface area (Å²) in [6.07, 6.45) is 5.96. The van der Waals surface area contributed by atoms with Crippen molar-refractivity contribution in [2.75, 3.05) is 0 Å². The molecule has 0 radical (unpaired) electrons. The highest BCUT2D eigenvalue weighted by molar-refractivity contribution is 5.91. The highest BCUT2D eigenvalue weighted by Gasteiger charge is 2.17. The van der Waals surface area contributed by atoms with Gasteiger partial charge in [-0.1, -0.05) is 29.8 Å². The monoisotopic (exact) mass is 296 g/mol. The average Bonchev–Trinajstić information content (AvgIpc) is 2.50. The second kappa shape index (κ2) is 6.61. The van der Waals surface area contributed by atoms with Gasteiger partial charge in [-0.25, -0.2) is 4.79 Å². The standard InChI is InChI=1S/C17H16N2O3/c1-12-4-3-5-14(10-12)6-7-16(21)18-19-9-8-15(11-20)17(22)13(19)2/h3-10,22H,1-2H3,(H,18,21)/b7-6+. The van der Waals surface area contributed by atoms with Crippen LogP contribution >= 0.6 is 0 Å². The Kier molecular flexibility index (Phi) is 4.61. The van der Waals surface area contributed by atoms with Gasteiger partial charge in [-0.3, -0.25) is 15.2 Å². The van der Waals surface area contributed by atoms with Gasteiger partial charge in [-0.15, -0.1) is 0 Å². The number of carbonyl (C=O) groups is 1. The van der Waals surface area contributed by atoms with Gasteiger partial charge < -0.3 is 5.11 Å². The normalized spacial score (nSPS) is 14.5. The van der Waals surface area contributed by atoms with E-state index < -0.39 is 0 Å². The van der Waals surface area contributed by atoms with Crippen LogP contribution < -0.4 is 5.43 Å². The third kappa shape index (κ3) is 3.53. The van der Waals surface area contributed by atoms with Gasteiger partial charge in [0.1, 0.15) is 11.5 Å². The van der Waals surface area contributed by atoms with Crippen LogP contribution in [0.25, 0.3) is 6.08 Å². The molecule has 1 aliphatic heterocycles. The Morgan fingerprint density at radius 2 is 2.14 bits per heavy atom. The van der Waals surface area contributed by atoms with Gasteiger partial charge in [-0.05, 0) is 31.6 Å². The Labute approximate surface area is 128 Å². The number of hydrogen-bond donors (Lipinski definition) is 2. The Bertz CT molecular complexity index is 738. The predicted octanol–water partition coefficient (Wildman–Crippen LogP) is 2.42. The quantitative estimate of drug-likeness (QED) is 0.664. The summed E-state index contributed by atoms with van der Waals surface area (Å²) < 4.78 is 0. The molecule has 5 nitrogen and oxygen atoms in total. The van der Waals surface area contributed by atoms with E-state index in [9.17, 15) is 14.7 Å². The zero-order chi connectivity index (χ0) is 16.1.